The molecule has 1 fully saturated rings. The minimum absolute atomic E-state index is 0.0614. The highest BCUT2D eigenvalue weighted by atomic mass is 16.5. The number of hydrogen-bond acceptors (Lipinski definition) is 4. The van der Waals surface area contributed by atoms with Crippen molar-refractivity contribution in [1.29, 1.82) is 0 Å². The van der Waals surface area contributed by atoms with Gasteiger partial charge in [0.1, 0.15) is 24.2 Å². The summed E-state index contributed by atoms with van der Waals surface area (Å²) in [6.45, 7) is 8.44. The first-order valence-electron chi connectivity index (χ1n) is 9.43. The van der Waals surface area contributed by atoms with Crippen molar-refractivity contribution in [2.24, 2.45) is 0 Å². The monoisotopic (exact) mass is 355 g/mol. The molecule has 0 amide bonds. The lowest BCUT2D eigenvalue weighted by Gasteiger charge is -2.19. The predicted octanol–water partition coefficient (Wildman–Crippen LogP) is 4.74. The Morgan fingerprint density at radius 1 is 1.15 bits per heavy atom. The van der Waals surface area contributed by atoms with E-state index in [4.69, 9.17) is 14.2 Å². The first kappa shape index (κ1) is 18.6. The van der Waals surface area contributed by atoms with Crippen molar-refractivity contribution in [1.82, 2.24) is 0 Å². The second-order valence-electron chi connectivity index (χ2n) is 7.00. The Bertz CT molecular complexity index is 690. The van der Waals surface area contributed by atoms with Crippen LogP contribution in [-0.2, 0) is 4.74 Å². The van der Waals surface area contributed by atoms with Crippen molar-refractivity contribution in [3.05, 3.63) is 53.6 Å². The largest absolute Gasteiger partial charge is 0.491 e. The normalized spacial score (nSPS) is 17.7. The maximum absolute atomic E-state index is 6.13. The Hall–Kier alpha value is -2.20. The van der Waals surface area contributed by atoms with E-state index >= 15 is 0 Å². The number of anilines is 1. The van der Waals surface area contributed by atoms with Gasteiger partial charge in [0, 0.05) is 18.4 Å². The minimum Gasteiger partial charge on any atom is -0.491 e. The van der Waals surface area contributed by atoms with Gasteiger partial charge in [-0.25, -0.2) is 0 Å². The van der Waals surface area contributed by atoms with Crippen LogP contribution < -0.4 is 14.8 Å². The number of rotatable bonds is 8. The van der Waals surface area contributed by atoms with E-state index in [1.54, 1.807) is 0 Å². The van der Waals surface area contributed by atoms with Crippen LogP contribution >= 0.6 is 0 Å². The van der Waals surface area contributed by atoms with E-state index in [0.717, 1.165) is 43.2 Å². The molecule has 0 aliphatic carbocycles. The topological polar surface area (TPSA) is 39.7 Å². The molecule has 4 nitrogen and oxygen atoms in total. The van der Waals surface area contributed by atoms with E-state index in [-0.39, 0.29) is 12.2 Å². The predicted molar refractivity (Wildman–Crippen MR) is 105 cm³/mol. The van der Waals surface area contributed by atoms with Crippen LogP contribution in [0.5, 0.6) is 11.5 Å². The van der Waals surface area contributed by atoms with Gasteiger partial charge in [0.15, 0.2) is 0 Å². The lowest BCUT2D eigenvalue weighted by Crippen LogP contribution is -2.23. The molecule has 3 rings (SSSR count). The highest BCUT2D eigenvalue weighted by molar-refractivity contribution is 5.48. The van der Waals surface area contributed by atoms with Gasteiger partial charge in [-0.3, -0.25) is 0 Å². The van der Waals surface area contributed by atoms with Crippen LogP contribution in [0.4, 0.5) is 5.69 Å². The van der Waals surface area contributed by atoms with Crippen LogP contribution in [0.25, 0.3) is 0 Å². The van der Waals surface area contributed by atoms with Gasteiger partial charge in [-0.15, -0.1) is 0 Å². The summed E-state index contributed by atoms with van der Waals surface area (Å²) < 4.78 is 17.6. The molecule has 1 aliphatic rings. The number of benzene rings is 2. The Morgan fingerprint density at radius 3 is 2.65 bits per heavy atom. The summed E-state index contributed by atoms with van der Waals surface area (Å²) in [6, 6.07) is 14.3. The highest BCUT2D eigenvalue weighted by Gasteiger charge is 2.16. The molecular weight excluding hydrogens is 326 g/mol. The van der Waals surface area contributed by atoms with Gasteiger partial charge < -0.3 is 19.5 Å². The molecule has 140 valence electrons. The Morgan fingerprint density at radius 2 is 1.92 bits per heavy atom. The quantitative estimate of drug-likeness (QED) is 0.742. The van der Waals surface area contributed by atoms with Gasteiger partial charge in [-0.1, -0.05) is 24.3 Å². The average Bonchev–Trinajstić information content (AvgIpc) is 3.15. The fourth-order valence-corrected chi connectivity index (χ4v) is 3.15. The fourth-order valence-electron chi connectivity index (χ4n) is 3.15. The van der Waals surface area contributed by atoms with Gasteiger partial charge >= 0.3 is 0 Å². The molecule has 1 heterocycles. The summed E-state index contributed by atoms with van der Waals surface area (Å²) >= 11 is 0. The van der Waals surface area contributed by atoms with E-state index in [1.165, 1.54) is 11.1 Å². The zero-order valence-electron chi connectivity index (χ0n) is 16.0. The van der Waals surface area contributed by atoms with Crippen LogP contribution in [-0.4, -0.2) is 32.0 Å². The molecule has 0 saturated carbocycles. The number of nitrogens with one attached hydrogen (secondary N) is 1. The van der Waals surface area contributed by atoms with Crippen molar-refractivity contribution in [3.8, 4) is 11.5 Å². The van der Waals surface area contributed by atoms with E-state index < -0.39 is 0 Å². The molecule has 0 spiro atoms. The molecule has 2 aromatic rings. The van der Waals surface area contributed by atoms with E-state index in [9.17, 15) is 0 Å². The summed E-state index contributed by atoms with van der Waals surface area (Å²) in [7, 11) is 0. The first-order chi connectivity index (χ1) is 12.6. The first-order valence-corrected chi connectivity index (χ1v) is 9.43. The van der Waals surface area contributed by atoms with Crippen molar-refractivity contribution in [3.63, 3.8) is 0 Å². The van der Waals surface area contributed by atoms with Crippen LogP contribution in [0.15, 0.2) is 42.5 Å². The molecule has 4 heteroatoms. The summed E-state index contributed by atoms with van der Waals surface area (Å²) in [5, 5.41) is 3.44. The number of ether oxygens (including phenoxy) is 3. The van der Waals surface area contributed by atoms with Gasteiger partial charge in [-0.2, -0.15) is 0 Å². The summed E-state index contributed by atoms with van der Waals surface area (Å²) in [5.41, 5.74) is 3.37. The Balaban J connectivity index is 1.50. The maximum Gasteiger partial charge on any atom is 0.125 e. The van der Waals surface area contributed by atoms with Crippen molar-refractivity contribution in [2.45, 2.75) is 45.8 Å². The molecule has 0 aromatic heterocycles. The molecule has 2 aromatic carbocycles. The van der Waals surface area contributed by atoms with Crippen molar-refractivity contribution in [2.75, 3.05) is 25.1 Å². The summed E-state index contributed by atoms with van der Waals surface area (Å²) in [5.74, 6) is 1.85. The second-order valence-corrected chi connectivity index (χ2v) is 7.00. The average molecular weight is 355 g/mol. The molecule has 1 aliphatic heterocycles. The number of aryl methyl sites for hydroxylation is 2. The summed E-state index contributed by atoms with van der Waals surface area (Å²) in [4.78, 5) is 0. The van der Waals surface area contributed by atoms with Gasteiger partial charge in [0.25, 0.3) is 0 Å². The van der Waals surface area contributed by atoms with Crippen LogP contribution in [0, 0.1) is 13.8 Å². The van der Waals surface area contributed by atoms with Crippen LogP contribution in [0.3, 0.4) is 0 Å². The minimum atomic E-state index is 0.0614. The van der Waals surface area contributed by atoms with E-state index in [1.807, 2.05) is 24.3 Å². The molecule has 0 bridgehead atoms. The van der Waals surface area contributed by atoms with E-state index in [2.05, 4.69) is 44.3 Å². The Labute approximate surface area is 156 Å². The van der Waals surface area contributed by atoms with Crippen molar-refractivity contribution >= 4 is 5.69 Å². The smallest absolute Gasteiger partial charge is 0.125 e. The molecular formula is C22H29NO3. The van der Waals surface area contributed by atoms with Gasteiger partial charge in [0.2, 0.25) is 0 Å². The zero-order valence-corrected chi connectivity index (χ0v) is 16.0. The SMILES string of the molecule is Cc1cccc(C)c1OC(C)CNc1cccc(OCC2CCCO2)c1. The molecule has 2 atom stereocenters. The Kier molecular flexibility index (Phi) is 6.40. The lowest BCUT2D eigenvalue weighted by molar-refractivity contribution is 0.0680. The second kappa shape index (κ2) is 8.95. The van der Waals surface area contributed by atoms with E-state index in [0.29, 0.717) is 6.61 Å². The van der Waals surface area contributed by atoms with Crippen molar-refractivity contribution < 1.29 is 14.2 Å². The molecule has 26 heavy (non-hydrogen) atoms. The lowest BCUT2D eigenvalue weighted by atomic mass is 10.1. The molecule has 1 saturated heterocycles. The zero-order chi connectivity index (χ0) is 18.4. The standard InChI is InChI=1S/C22H29NO3/c1-16-7-4-8-17(2)22(16)26-18(3)14-23-19-9-5-10-20(13-19)25-15-21-11-6-12-24-21/h4-5,7-10,13,18,21,23H,6,11-12,14-15H2,1-3H3. The maximum atomic E-state index is 6.13. The third-order valence-corrected chi connectivity index (χ3v) is 4.62. The van der Waals surface area contributed by atoms with Crippen LogP contribution in [0.2, 0.25) is 0 Å². The van der Waals surface area contributed by atoms with Crippen LogP contribution in [0.1, 0.15) is 30.9 Å². The summed E-state index contributed by atoms with van der Waals surface area (Å²) in [6.07, 6.45) is 2.52. The fraction of sp³-hybridized carbons (Fsp3) is 0.455. The highest BCUT2D eigenvalue weighted by Crippen LogP contribution is 2.24. The molecule has 2 unspecified atom stereocenters. The molecule has 0 radical (unpaired) electrons. The molecule has 1 N–H and O–H groups in total. The number of hydrogen-bond donors (Lipinski definition) is 1. The van der Waals surface area contributed by atoms with Gasteiger partial charge in [-0.05, 0) is 56.9 Å². The number of para-hydroxylation sites is 1. The third kappa shape index (κ3) is 5.15. The third-order valence-electron chi connectivity index (χ3n) is 4.62. The van der Waals surface area contributed by atoms with Gasteiger partial charge in [0.05, 0.1) is 12.6 Å².